The van der Waals surface area contributed by atoms with Crippen molar-refractivity contribution in [1.29, 1.82) is 0 Å². The molecule has 0 aromatic rings. The van der Waals surface area contributed by atoms with E-state index >= 15 is 0 Å². The summed E-state index contributed by atoms with van der Waals surface area (Å²) < 4.78 is 12.4. The Morgan fingerprint density at radius 3 is 2.12 bits per heavy atom. The third-order valence-electron chi connectivity index (χ3n) is 6.20. The summed E-state index contributed by atoms with van der Waals surface area (Å²) in [6.07, 6.45) is 8.62. The lowest BCUT2D eigenvalue weighted by atomic mass is 9.89. The maximum Gasteiger partial charge on any atom is 0.413 e. The Morgan fingerprint density at radius 1 is 1.20 bits per heavy atom. The van der Waals surface area contributed by atoms with Gasteiger partial charge < -0.3 is 9.16 Å². The molecule has 0 saturated carbocycles. The second-order valence-corrected chi connectivity index (χ2v) is 15.0. The lowest BCUT2D eigenvalue weighted by Crippen LogP contribution is -2.52. The molecule has 2 aliphatic rings. The number of fused-ring (bicyclic) bond motifs is 2. The molecular formula is C20H35NO3Si. The number of hydrogen-bond donors (Lipinski definition) is 0. The van der Waals surface area contributed by atoms with Gasteiger partial charge in [-0.25, -0.2) is 4.79 Å². The minimum Gasteiger partial charge on any atom is -0.420 e. The summed E-state index contributed by atoms with van der Waals surface area (Å²) in [5.74, 6) is 2.88. The van der Waals surface area contributed by atoms with E-state index in [9.17, 15) is 4.79 Å². The quantitative estimate of drug-likeness (QED) is 0.394. The molecule has 1 atom stereocenters. The number of rotatable bonds is 3. The zero-order valence-electron chi connectivity index (χ0n) is 17.2. The molecule has 0 aliphatic carbocycles. The first-order valence-corrected chi connectivity index (χ1v) is 12.3. The van der Waals surface area contributed by atoms with Crippen LogP contribution in [0, 0.1) is 17.8 Å². The van der Waals surface area contributed by atoms with Crippen LogP contribution in [0.5, 0.6) is 0 Å². The topological polar surface area (TPSA) is 38.8 Å². The van der Waals surface area contributed by atoms with E-state index in [2.05, 4.69) is 39.8 Å². The van der Waals surface area contributed by atoms with Gasteiger partial charge in [0.15, 0.2) is 8.32 Å². The monoisotopic (exact) mass is 365 g/mol. The molecule has 2 rings (SSSR count). The first-order chi connectivity index (χ1) is 11.2. The highest BCUT2D eigenvalue weighted by atomic mass is 28.4. The van der Waals surface area contributed by atoms with E-state index in [4.69, 9.17) is 15.6 Å². The van der Waals surface area contributed by atoms with Crippen molar-refractivity contribution < 1.29 is 14.0 Å². The summed E-state index contributed by atoms with van der Waals surface area (Å²) in [6, 6.07) is 0.219. The SMILES string of the molecule is C#CC12CCC(CC1)N2C(=O)OC(O[Si](C)(C)C(C)(C)C)C(C)(C)C. The van der Waals surface area contributed by atoms with Gasteiger partial charge in [0.1, 0.15) is 5.54 Å². The molecule has 0 aromatic heterocycles. The molecule has 2 aliphatic heterocycles. The average Bonchev–Trinajstić information content (AvgIpc) is 3.00. The highest BCUT2D eigenvalue weighted by Crippen LogP contribution is 2.47. The molecule has 0 spiro atoms. The van der Waals surface area contributed by atoms with Gasteiger partial charge in [0.05, 0.1) is 0 Å². The van der Waals surface area contributed by atoms with E-state index in [1.165, 1.54) is 0 Å². The molecule has 0 aromatic carbocycles. The van der Waals surface area contributed by atoms with Gasteiger partial charge in [-0.05, 0) is 43.8 Å². The number of carbonyl (C=O) groups is 1. The Hall–Kier alpha value is -0.993. The normalized spacial score (nSPS) is 28.0. The van der Waals surface area contributed by atoms with Gasteiger partial charge in [-0.1, -0.05) is 47.5 Å². The van der Waals surface area contributed by atoms with Crippen molar-refractivity contribution >= 4 is 14.4 Å². The zero-order chi connectivity index (χ0) is 19.3. The van der Waals surface area contributed by atoms with Crippen molar-refractivity contribution in [2.45, 2.75) is 103 Å². The molecule has 25 heavy (non-hydrogen) atoms. The van der Waals surface area contributed by atoms with E-state index < -0.39 is 20.1 Å². The van der Waals surface area contributed by atoms with Crippen LogP contribution in [0.15, 0.2) is 0 Å². The molecule has 4 nitrogen and oxygen atoms in total. The van der Waals surface area contributed by atoms with Crippen LogP contribution in [0.25, 0.3) is 0 Å². The van der Waals surface area contributed by atoms with Crippen molar-refractivity contribution in [2.75, 3.05) is 0 Å². The molecular weight excluding hydrogens is 330 g/mol. The second kappa shape index (κ2) is 6.31. The molecule has 0 radical (unpaired) electrons. The second-order valence-electron chi connectivity index (χ2n) is 10.2. The lowest BCUT2D eigenvalue weighted by molar-refractivity contribution is -0.118. The minimum atomic E-state index is -2.07. The van der Waals surface area contributed by atoms with Crippen LogP contribution < -0.4 is 0 Å². The van der Waals surface area contributed by atoms with E-state index in [0.717, 1.165) is 25.7 Å². The van der Waals surface area contributed by atoms with Crippen molar-refractivity contribution in [1.82, 2.24) is 4.90 Å². The number of ether oxygens (including phenoxy) is 1. The zero-order valence-corrected chi connectivity index (χ0v) is 18.2. The van der Waals surface area contributed by atoms with Crippen LogP contribution in [-0.4, -0.2) is 37.2 Å². The fraction of sp³-hybridized carbons (Fsp3) is 0.850. The largest absolute Gasteiger partial charge is 0.420 e. The van der Waals surface area contributed by atoms with E-state index in [1.807, 2.05) is 25.7 Å². The van der Waals surface area contributed by atoms with Gasteiger partial charge in [-0.2, -0.15) is 0 Å². The summed E-state index contributed by atoms with van der Waals surface area (Å²) in [7, 11) is -2.07. The third kappa shape index (κ3) is 3.75. The van der Waals surface area contributed by atoms with Gasteiger partial charge in [-0.15, -0.1) is 6.42 Å². The predicted molar refractivity (Wildman–Crippen MR) is 104 cm³/mol. The summed E-state index contributed by atoms with van der Waals surface area (Å²) >= 11 is 0. The summed E-state index contributed by atoms with van der Waals surface area (Å²) in [5.41, 5.74) is -0.742. The Bertz CT molecular complexity index is 557. The fourth-order valence-corrected chi connectivity index (χ4v) is 4.73. The molecule has 2 heterocycles. The van der Waals surface area contributed by atoms with Crippen LogP contribution in [0.1, 0.15) is 67.2 Å². The van der Waals surface area contributed by atoms with Crippen molar-refractivity contribution in [3.05, 3.63) is 0 Å². The fourth-order valence-electron chi connectivity index (χ4n) is 3.44. The highest BCUT2D eigenvalue weighted by Gasteiger charge is 2.55. The Morgan fingerprint density at radius 2 is 1.72 bits per heavy atom. The van der Waals surface area contributed by atoms with Gasteiger partial charge in [-0.3, -0.25) is 4.90 Å². The molecule has 1 amide bonds. The van der Waals surface area contributed by atoms with Gasteiger partial charge in [0.2, 0.25) is 6.29 Å². The Labute approximate surface area is 154 Å². The molecule has 2 saturated heterocycles. The van der Waals surface area contributed by atoms with Crippen molar-refractivity contribution in [3.8, 4) is 12.3 Å². The van der Waals surface area contributed by atoms with Gasteiger partial charge in [0, 0.05) is 11.5 Å². The molecule has 5 heteroatoms. The van der Waals surface area contributed by atoms with Gasteiger partial charge >= 0.3 is 6.09 Å². The molecule has 0 N–H and O–H groups in total. The van der Waals surface area contributed by atoms with Crippen molar-refractivity contribution in [3.63, 3.8) is 0 Å². The molecule has 2 bridgehead atoms. The Kier molecular flexibility index (Phi) is 5.13. The van der Waals surface area contributed by atoms with Crippen LogP contribution in [-0.2, 0) is 9.16 Å². The number of hydrogen-bond acceptors (Lipinski definition) is 3. The van der Waals surface area contributed by atoms with E-state index in [1.54, 1.807) is 0 Å². The summed E-state index contributed by atoms with van der Waals surface area (Å²) in [6.45, 7) is 17.1. The van der Waals surface area contributed by atoms with Crippen LogP contribution >= 0.6 is 0 Å². The van der Waals surface area contributed by atoms with Gasteiger partial charge in [0.25, 0.3) is 0 Å². The number of nitrogens with zero attached hydrogens (tertiary/aromatic N) is 1. The van der Waals surface area contributed by atoms with Crippen LogP contribution in [0.4, 0.5) is 4.79 Å². The molecule has 2 fully saturated rings. The minimum absolute atomic E-state index is 0.0512. The standard InChI is InChI=1S/C20H35NO3Si/c1-10-20-13-11-15(12-14-20)21(20)17(22)23-16(18(2,3)4)24-25(8,9)19(5,6)7/h1,15-16H,11-14H2,2-9H3. The number of carbonyl (C=O) groups excluding carboxylic acids is 1. The molecule has 1 unspecified atom stereocenters. The maximum absolute atomic E-state index is 13.0. The smallest absolute Gasteiger partial charge is 0.413 e. The third-order valence-corrected chi connectivity index (χ3v) is 10.6. The first kappa shape index (κ1) is 20.3. The maximum atomic E-state index is 13.0. The van der Waals surface area contributed by atoms with Crippen LogP contribution in [0.3, 0.4) is 0 Å². The predicted octanol–water partition coefficient (Wildman–Crippen LogP) is 5.15. The highest BCUT2D eigenvalue weighted by molar-refractivity contribution is 6.74. The summed E-state index contributed by atoms with van der Waals surface area (Å²) in [4.78, 5) is 14.8. The molecule has 142 valence electrons. The lowest BCUT2D eigenvalue weighted by Gasteiger charge is -2.43. The van der Waals surface area contributed by atoms with E-state index in [-0.39, 0.29) is 22.6 Å². The number of terminal acetylenes is 1. The van der Waals surface area contributed by atoms with Crippen LogP contribution in [0.2, 0.25) is 18.1 Å². The average molecular weight is 366 g/mol. The Balaban J connectivity index is 2.19. The number of amides is 1. The van der Waals surface area contributed by atoms with Crippen molar-refractivity contribution in [2.24, 2.45) is 5.41 Å². The van der Waals surface area contributed by atoms with E-state index in [0.29, 0.717) is 0 Å². The first-order valence-electron chi connectivity index (χ1n) is 9.39. The summed E-state index contributed by atoms with van der Waals surface area (Å²) in [5, 5.41) is 0.0512.